The van der Waals surface area contributed by atoms with E-state index in [9.17, 15) is 5.11 Å². The Bertz CT molecular complexity index is 795. The van der Waals surface area contributed by atoms with Crippen LogP contribution in [0.2, 0.25) is 0 Å². The lowest BCUT2D eigenvalue weighted by Crippen LogP contribution is -2.50. The average molecular weight is 511 g/mol. The quantitative estimate of drug-likeness (QED) is 0.238. The number of allylic oxidation sites excluding steroid dienone is 2. The normalized spacial score (nSPS) is 38.5. The lowest BCUT2D eigenvalue weighted by atomic mass is 9.47. The standard InChI is InChI=1S/C31H52F2O3/c1-7-35-21(2)36-28(3,4)31(32,33)19-15-22(20-34)25-13-14-26-24-12-11-23-10-8-9-17-29(23,5)27(24)16-18-30(25,26)6/h11,21-22,24-27,34H,7-10,12-20H2,1-6H3/t21?,22-,24-,25+,26-,27-,29-,30+/m0/s1. The third kappa shape index (κ3) is 4.95. The van der Waals surface area contributed by atoms with Gasteiger partial charge < -0.3 is 14.6 Å². The summed E-state index contributed by atoms with van der Waals surface area (Å²) in [7, 11) is 0. The Balaban J connectivity index is 1.44. The van der Waals surface area contributed by atoms with Crippen LogP contribution in [0.5, 0.6) is 0 Å². The number of aliphatic hydroxyl groups is 1. The van der Waals surface area contributed by atoms with E-state index in [1.807, 2.05) is 6.92 Å². The van der Waals surface area contributed by atoms with Crippen LogP contribution < -0.4 is 0 Å². The van der Waals surface area contributed by atoms with Crippen molar-refractivity contribution >= 4 is 0 Å². The summed E-state index contributed by atoms with van der Waals surface area (Å²) in [5.74, 6) is -0.616. The molecule has 0 bridgehead atoms. The van der Waals surface area contributed by atoms with Gasteiger partial charge in [0.15, 0.2) is 6.29 Å². The summed E-state index contributed by atoms with van der Waals surface area (Å²) < 4.78 is 41.7. The number of hydrogen-bond acceptors (Lipinski definition) is 3. The van der Waals surface area contributed by atoms with Crippen LogP contribution in [0.25, 0.3) is 0 Å². The van der Waals surface area contributed by atoms with Gasteiger partial charge in [-0.1, -0.05) is 31.9 Å². The molecule has 208 valence electrons. The second-order valence-electron chi connectivity index (χ2n) is 13.5. The van der Waals surface area contributed by atoms with Crippen molar-refractivity contribution in [1.82, 2.24) is 0 Å². The number of halogens is 2. The van der Waals surface area contributed by atoms with Crippen molar-refractivity contribution in [3.05, 3.63) is 11.6 Å². The van der Waals surface area contributed by atoms with Crippen molar-refractivity contribution in [3.63, 3.8) is 0 Å². The highest BCUT2D eigenvalue weighted by Gasteiger charge is 2.59. The monoisotopic (exact) mass is 510 g/mol. The lowest BCUT2D eigenvalue weighted by Gasteiger charge is -2.58. The van der Waals surface area contributed by atoms with Gasteiger partial charge in [0.05, 0.1) is 0 Å². The molecule has 1 unspecified atom stereocenters. The Morgan fingerprint density at radius 2 is 1.86 bits per heavy atom. The molecule has 4 rings (SSSR count). The zero-order valence-corrected chi connectivity index (χ0v) is 23.8. The van der Waals surface area contributed by atoms with Crippen molar-refractivity contribution < 1.29 is 23.4 Å². The molecule has 0 radical (unpaired) electrons. The fraction of sp³-hybridized carbons (Fsp3) is 0.935. The average Bonchev–Trinajstić information content (AvgIpc) is 3.16. The zero-order valence-electron chi connectivity index (χ0n) is 23.8. The van der Waals surface area contributed by atoms with Gasteiger partial charge in [-0.25, -0.2) is 8.78 Å². The van der Waals surface area contributed by atoms with Gasteiger partial charge in [0.25, 0.3) is 5.92 Å². The van der Waals surface area contributed by atoms with Crippen molar-refractivity contribution in [2.75, 3.05) is 13.2 Å². The summed E-state index contributed by atoms with van der Waals surface area (Å²) in [6, 6.07) is 0. The summed E-state index contributed by atoms with van der Waals surface area (Å²) in [5.41, 5.74) is 0.634. The maximum Gasteiger partial charge on any atom is 0.276 e. The van der Waals surface area contributed by atoms with Crippen LogP contribution >= 0.6 is 0 Å². The van der Waals surface area contributed by atoms with Gasteiger partial charge in [-0.15, -0.1) is 0 Å². The molecule has 3 saturated carbocycles. The summed E-state index contributed by atoms with van der Waals surface area (Å²) in [6.45, 7) is 11.8. The second-order valence-corrected chi connectivity index (χ2v) is 13.5. The number of ether oxygens (including phenoxy) is 2. The van der Waals surface area contributed by atoms with Crippen LogP contribution in [-0.2, 0) is 9.47 Å². The molecule has 0 aromatic heterocycles. The van der Waals surface area contributed by atoms with E-state index >= 15 is 8.78 Å². The number of hydrogen-bond donors (Lipinski definition) is 1. The molecule has 0 aromatic carbocycles. The van der Waals surface area contributed by atoms with Crippen LogP contribution in [-0.4, -0.2) is 36.1 Å². The molecule has 0 heterocycles. The van der Waals surface area contributed by atoms with Crippen LogP contribution in [0.1, 0.15) is 112 Å². The van der Waals surface area contributed by atoms with E-state index < -0.39 is 17.8 Å². The fourth-order valence-electron chi connectivity index (χ4n) is 9.37. The Morgan fingerprint density at radius 1 is 1.11 bits per heavy atom. The molecule has 0 aliphatic heterocycles. The minimum atomic E-state index is -3.00. The molecule has 0 amide bonds. The zero-order chi connectivity index (χ0) is 26.4. The molecule has 4 aliphatic carbocycles. The molecule has 8 atom stereocenters. The Morgan fingerprint density at radius 3 is 2.56 bits per heavy atom. The van der Waals surface area contributed by atoms with Gasteiger partial charge in [-0.05, 0) is 126 Å². The van der Waals surface area contributed by atoms with E-state index in [-0.39, 0.29) is 24.4 Å². The lowest BCUT2D eigenvalue weighted by molar-refractivity contribution is -0.265. The third-order valence-electron chi connectivity index (χ3n) is 11.5. The van der Waals surface area contributed by atoms with E-state index in [1.54, 1.807) is 12.5 Å². The summed E-state index contributed by atoms with van der Waals surface area (Å²) >= 11 is 0. The molecule has 3 fully saturated rings. The third-order valence-corrected chi connectivity index (χ3v) is 11.5. The highest BCUT2D eigenvalue weighted by molar-refractivity contribution is 5.24. The molecule has 36 heavy (non-hydrogen) atoms. The summed E-state index contributed by atoms with van der Waals surface area (Å²) in [4.78, 5) is 0. The summed E-state index contributed by atoms with van der Waals surface area (Å²) in [6.07, 6.45) is 13.2. The highest BCUT2D eigenvalue weighted by atomic mass is 19.3. The first-order valence-corrected chi connectivity index (χ1v) is 14.9. The van der Waals surface area contributed by atoms with E-state index in [1.165, 1.54) is 65.2 Å². The van der Waals surface area contributed by atoms with Crippen LogP contribution in [0, 0.1) is 40.4 Å². The molecular formula is C31H52F2O3. The Labute approximate surface area is 218 Å². The Kier molecular flexibility index (Phi) is 8.36. The molecule has 5 heteroatoms. The first-order valence-electron chi connectivity index (χ1n) is 14.9. The first-order chi connectivity index (χ1) is 16.9. The van der Waals surface area contributed by atoms with Crippen molar-refractivity contribution in [2.24, 2.45) is 40.4 Å². The van der Waals surface area contributed by atoms with Crippen molar-refractivity contribution in [1.29, 1.82) is 0 Å². The van der Waals surface area contributed by atoms with Crippen molar-refractivity contribution in [2.45, 2.75) is 130 Å². The second kappa shape index (κ2) is 10.6. The minimum absolute atomic E-state index is 0.00441. The molecule has 0 aromatic rings. The topological polar surface area (TPSA) is 38.7 Å². The van der Waals surface area contributed by atoms with E-state index in [0.29, 0.717) is 36.2 Å². The van der Waals surface area contributed by atoms with Gasteiger partial charge in [0.2, 0.25) is 0 Å². The number of fused-ring (bicyclic) bond motifs is 5. The molecule has 3 nitrogen and oxygen atoms in total. The van der Waals surface area contributed by atoms with E-state index in [0.717, 1.165) is 12.3 Å². The first kappa shape index (κ1) is 28.5. The molecule has 4 aliphatic rings. The predicted octanol–water partition coefficient (Wildman–Crippen LogP) is 8.16. The molecular weight excluding hydrogens is 458 g/mol. The molecule has 1 N–H and O–H groups in total. The van der Waals surface area contributed by atoms with Crippen LogP contribution in [0.3, 0.4) is 0 Å². The van der Waals surface area contributed by atoms with Gasteiger partial charge >= 0.3 is 0 Å². The largest absolute Gasteiger partial charge is 0.396 e. The molecule has 0 spiro atoms. The van der Waals surface area contributed by atoms with Gasteiger partial charge in [0.1, 0.15) is 5.60 Å². The maximum absolute atomic E-state index is 15.4. The van der Waals surface area contributed by atoms with E-state index in [2.05, 4.69) is 19.9 Å². The van der Waals surface area contributed by atoms with Gasteiger partial charge in [0, 0.05) is 19.6 Å². The fourth-order valence-corrected chi connectivity index (χ4v) is 9.37. The molecule has 0 saturated heterocycles. The smallest absolute Gasteiger partial charge is 0.276 e. The maximum atomic E-state index is 15.4. The Hall–Kier alpha value is -0.520. The van der Waals surface area contributed by atoms with E-state index in [4.69, 9.17) is 9.47 Å². The minimum Gasteiger partial charge on any atom is -0.396 e. The van der Waals surface area contributed by atoms with Crippen LogP contribution in [0.4, 0.5) is 8.78 Å². The number of aliphatic hydroxyl groups excluding tert-OH is 1. The predicted molar refractivity (Wildman–Crippen MR) is 141 cm³/mol. The summed E-state index contributed by atoms with van der Waals surface area (Å²) in [5, 5.41) is 10.4. The highest BCUT2D eigenvalue weighted by Crippen LogP contribution is 2.67. The number of alkyl halides is 2. The van der Waals surface area contributed by atoms with Gasteiger partial charge in [-0.3, -0.25) is 0 Å². The van der Waals surface area contributed by atoms with Crippen LogP contribution in [0.15, 0.2) is 11.6 Å². The SMILES string of the molecule is CCOC(C)OC(C)(C)C(F)(F)CC[C@@H](CO)[C@H]1CC[C@H]2[C@@H]3CC=C4CCCC[C@]4(C)[C@H]3CC[C@]12C. The number of rotatable bonds is 10. The van der Waals surface area contributed by atoms with Gasteiger partial charge in [-0.2, -0.15) is 0 Å². The van der Waals surface area contributed by atoms with Crippen molar-refractivity contribution in [3.8, 4) is 0 Å².